The summed E-state index contributed by atoms with van der Waals surface area (Å²) < 4.78 is 78.1. The van der Waals surface area contributed by atoms with Crippen LogP contribution < -0.4 is 15.8 Å². The Hall–Kier alpha value is -4.43. The van der Waals surface area contributed by atoms with E-state index in [4.69, 9.17) is 10.5 Å². The molecule has 224 valence electrons. The van der Waals surface area contributed by atoms with E-state index in [1.807, 2.05) is 0 Å². The number of amides is 2. The van der Waals surface area contributed by atoms with Gasteiger partial charge < -0.3 is 25.3 Å². The molecule has 0 spiro atoms. The van der Waals surface area contributed by atoms with E-state index in [0.717, 1.165) is 17.7 Å². The molecule has 15 heteroatoms. The Balaban J connectivity index is 0.000000454. The monoisotopic (exact) mass is 588 g/mol. The van der Waals surface area contributed by atoms with E-state index in [9.17, 15) is 36.3 Å². The van der Waals surface area contributed by atoms with Crippen molar-refractivity contribution in [1.29, 1.82) is 0 Å². The molecule has 0 aliphatic rings. The van der Waals surface area contributed by atoms with Gasteiger partial charge in [0.15, 0.2) is 11.4 Å². The van der Waals surface area contributed by atoms with Crippen molar-refractivity contribution in [2.45, 2.75) is 53.0 Å². The van der Waals surface area contributed by atoms with Gasteiger partial charge in [0.25, 0.3) is 5.91 Å². The Kier molecular flexibility index (Phi) is 10.6. The molecule has 2 amide bonds. The van der Waals surface area contributed by atoms with Gasteiger partial charge in [0, 0.05) is 6.20 Å². The molecule has 41 heavy (non-hydrogen) atoms. The number of halogens is 5. The zero-order valence-electron chi connectivity index (χ0n) is 22.8. The normalized spacial score (nSPS) is 11.4. The Morgan fingerprint density at radius 3 is 2.20 bits per heavy atom. The summed E-state index contributed by atoms with van der Waals surface area (Å²) in [5, 5.41) is 2.61. The topological polar surface area (TPSA) is 134 Å². The average Bonchev–Trinajstić information content (AvgIpc) is 3.15. The fraction of sp³-hybridized carbons (Fsp3) is 0.385. The maximum atomic E-state index is 13.9. The van der Waals surface area contributed by atoms with E-state index in [2.05, 4.69) is 19.8 Å². The molecule has 3 rings (SSSR count). The second kappa shape index (κ2) is 13.3. The Morgan fingerprint density at radius 1 is 1.07 bits per heavy atom. The number of nitrogens with one attached hydrogen (secondary N) is 1. The largest absolute Gasteiger partial charge is 0.490 e. The third-order valence-corrected chi connectivity index (χ3v) is 4.91. The number of nitrogens with zero attached hydrogens (tertiary/aromatic N) is 2. The van der Waals surface area contributed by atoms with Crippen LogP contribution in [0.25, 0.3) is 5.65 Å². The van der Waals surface area contributed by atoms with Crippen LogP contribution in [-0.4, -0.2) is 52.3 Å². The van der Waals surface area contributed by atoms with Gasteiger partial charge in [0.1, 0.15) is 36.1 Å². The number of nitrogens with two attached hydrogens (primary N) is 1. The number of aromatic nitrogens is 2. The third-order valence-electron chi connectivity index (χ3n) is 4.91. The standard InChI is InChI=1S/C20H20F2N4O4.C6H9F3O2/c1-11-8-16(30-10-13-14(21)4-3-5-15(13)22)18-25-12(2)17(26(18)9-11)19(27)24-6-7-29-20(23)28;1-5(2,3)11-4(10)6(7,8)9/h3-5,8-9H,6-7,10H2,1-2H3,(H2,23,28)(H,24,27);1-3H3. The summed E-state index contributed by atoms with van der Waals surface area (Å²) in [6.07, 6.45) is -4.13. The lowest BCUT2D eigenvalue weighted by molar-refractivity contribution is -0.210. The van der Waals surface area contributed by atoms with Gasteiger partial charge in [-0.1, -0.05) is 6.07 Å². The van der Waals surface area contributed by atoms with Crippen molar-refractivity contribution in [2.24, 2.45) is 5.73 Å². The zero-order chi connectivity index (χ0) is 31.1. The molecule has 0 aliphatic carbocycles. The first kappa shape index (κ1) is 32.8. The van der Waals surface area contributed by atoms with Gasteiger partial charge in [0.05, 0.1) is 17.8 Å². The minimum absolute atomic E-state index is 0.0657. The molecule has 3 N–H and O–H groups in total. The first-order chi connectivity index (χ1) is 18.9. The highest BCUT2D eigenvalue weighted by Crippen LogP contribution is 2.26. The van der Waals surface area contributed by atoms with Crippen LogP contribution in [0.3, 0.4) is 0 Å². The summed E-state index contributed by atoms with van der Waals surface area (Å²) in [5.41, 5.74) is 5.34. The van der Waals surface area contributed by atoms with Crippen LogP contribution in [0.1, 0.15) is 48.1 Å². The molecule has 0 aliphatic heterocycles. The predicted molar refractivity (Wildman–Crippen MR) is 135 cm³/mol. The van der Waals surface area contributed by atoms with E-state index in [-0.39, 0.29) is 36.8 Å². The first-order valence-electron chi connectivity index (χ1n) is 12.0. The fourth-order valence-electron chi connectivity index (χ4n) is 3.29. The Morgan fingerprint density at radius 2 is 1.68 bits per heavy atom. The van der Waals surface area contributed by atoms with Crippen molar-refractivity contribution >= 4 is 23.6 Å². The van der Waals surface area contributed by atoms with Crippen LogP contribution >= 0.6 is 0 Å². The van der Waals surface area contributed by atoms with Gasteiger partial charge in [-0.2, -0.15) is 13.2 Å². The summed E-state index contributed by atoms with van der Waals surface area (Å²) in [6, 6.07) is 5.24. The van der Waals surface area contributed by atoms with Crippen molar-refractivity contribution in [3.8, 4) is 5.75 Å². The number of carbonyl (C=O) groups is 3. The van der Waals surface area contributed by atoms with Gasteiger partial charge in [-0.25, -0.2) is 23.4 Å². The molecule has 0 fully saturated rings. The maximum absolute atomic E-state index is 13.9. The van der Waals surface area contributed by atoms with Crippen molar-refractivity contribution in [1.82, 2.24) is 14.7 Å². The van der Waals surface area contributed by atoms with Gasteiger partial charge in [-0.15, -0.1) is 0 Å². The molecule has 2 heterocycles. The maximum Gasteiger partial charge on any atom is 0.490 e. The predicted octanol–water partition coefficient (Wildman–Crippen LogP) is 4.52. The van der Waals surface area contributed by atoms with E-state index in [0.29, 0.717) is 11.3 Å². The highest BCUT2D eigenvalue weighted by atomic mass is 19.4. The van der Waals surface area contributed by atoms with E-state index < -0.39 is 41.4 Å². The average molecular weight is 589 g/mol. The number of carbonyl (C=O) groups excluding carboxylic acids is 3. The quantitative estimate of drug-likeness (QED) is 0.235. The van der Waals surface area contributed by atoms with Gasteiger partial charge >= 0.3 is 18.2 Å². The minimum Gasteiger partial charge on any atom is -0.485 e. The summed E-state index contributed by atoms with van der Waals surface area (Å²) in [7, 11) is 0. The molecule has 0 saturated heterocycles. The number of pyridine rings is 1. The number of ether oxygens (including phenoxy) is 3. The minimum atomic E-state index is -4.90. The first-order valence-corrected chi connectivity index (χ1v) is 12.0. The number of esters is 1. The van der Waals surface area contributed by atoms with Gasteiger partial charge in [-0.05, 0) is 58.4 Å². The summed E-state index contributed by atoms with van der Waals surface area (Å²) >= 11 is 0. The molecule has 10 nitrogen and oxygen atoms in total. The zero-order valence-corrected chi connectivity index (χ0v) is 22.8. The molecule has 0 bridgehead atoms. The number of benzene rings is 1. The van der Waals surface area contributed by atoms with Crippen molar-refractivity contribution < 1.29 is 50.5 Å². The highest BCUT2D eigenvalue weighted by molar-refractivity contribution is 5.95. The van der Waals surface area contributed by atoms with E-state index in [1.54, 1.807) is 30.5 Å². The number of rotatable bonds is 7. The van der Waals surface area contributed by atoms with Crippen molar-refractivity contribution in [3.63, 3.8) is 0 Å². The molecule has 3 aromatic rings. The number of primary amides is 1. The van der Waals surface area contributed by atoms with Crippen LogP contribution in [0.5, 0.6) is 5.75 Å². The second-order valence-corrected chi connectivity index (χ2v) is 9.53. The van der Waals surface area contributed by atoms with Gasteiger partial charge in [-0.3, -0.25) is 9.20 Å². The fourth-order valence-corrected chi connectivity index (χ4v) is 3.29. The summed E-state index contributed by atoms with van der Waals surface area (Å²) in [4.78, 5) is 37.7. The number of fused-ring (bicyclic) bond motifs is 1. The molecule has 0 unspecified atom stereocenters. The number of hydrogen-bond donors (Lipinski definition) is 2. The molecular formula is C26H29F5N4O6. The lowest BCUT2D eigenvalue weighted by Crippen LogP contribution is -2.33. The van der Waals surface area contributed by atoms with Crippen molar-refractivity contribution in [3.05, 3.63) is 64.6 Å². The molecule has 2 aromatic heterocycles. The second-order valence-electron chi connectivity index (χ2n) is 9.53. The van der Waals surface area contributed by atoms with E-state index >= 15 is 0 Å². The Labute approximate surface area is 231 Å². The molecule has 0 atom stereocenters. The van der Waals surface area contributed by atoms with Crippen LogP contribution in [0.15, 0.2) is 30.5 Å². The van der Waals surface area contributed by atoms with E-state index in [1.165, 1.54) is 26.8 Å². The third kappa shape index (κ3) is 9.61. The molecular weight excluding hydrogens is 559 g/mol. The lowest BCUT2D eigenvalue weighted by Gasteiger charge is -2.19. The highest BCUT2D eigenvalue weighted by Gasteiger charge is 2.42. The van der Waals surface area contributed by atoms with Crippen LogP contribution in [-0.2, 0) is 20.9 Å². The molecule has 1 aromatic carbocycles. The number of hydrogen-bond acceptors (Lipinski definition) is 7. The van der Waals surface area contributed by atoms with Crippen LogP contribution in [0.2, 0.25) is 0 Å². The van der Waals surface area contributed by atoms with Crippen LogP contribution in [0, 0.1) is 25.5 Å². The molecule has 0 saturated carbocycles. The molecule has 0 radical (unpaired) electrons. The number of aryl methyl sites for hydroxylation is 2. The lowest BCUT2D eigenvalue weighted by atomic mass is 10.2. The van der Waals surface area contributed by atoms with Crippen molar-refractivity contribution in [2.75, 3.05) is 13.2 Å². The van der Waals surface area contributed by atoms with Gasteiger partial charge in [0.2, 0.25) is 0 Å². The summed E-state index contributed by atoms with van der Waals surface area (Å²) in [6.45, 7) is 7.21. The smallest absolute Gasteiger partial charge is 0.485 e. The summed E-state index contributed by atoms with van der Waals surface area (Å²) in [5.74, 6) is -3.74. The number of imidazole rings is 1. The van der Waals surface area contributed by atoms with Crippen LogP contribution in [0.4, 0.5) is 26.7 Å². The number of alkyl halides is 3. The Bertz CT molecular complexity index is 1400. The SMILES string of the molecule is CC(C)(C)OC(=O)C(F)(F)F.Cc1cc(OCc2c(F)cccc2F)c2nc(C)c(C(=O)NCCOC(N)=O)n2c1.